The highest BCUT2D eigenvalue weighted by atomic mass is 16.3. The summed E-state index contributed by atoms with van der Waals surface area (Å²) in [4.78, 5) is 4.18. The van der Waals surface area contributed by atoms with Crippen LogP contribution < -0.4 is 11.1 Å². The van der Waals surface area contributed by atoms with Crippen LogP contribution in [-0.4, -0.2) is 22.7 Å². The third-order valence-corrected chi connectivity index (χ3v) is 3.11. The van der Waals surface area contributed by atoms with Crippen LogP contribution in [0.15, 0.2) is 18.3 Å². The first-order valence-corrected chi connectivity index (χ1v) is 5.87. The quantitative estimate of drug-likeness (QED) is 0.725. The number of aliphatic hydroxyl groups excluding tert-OH is 1. The van der Waals surface area contributed by atoms with Crippen molar-refractivity contribution in [3.05, 3.63) is 18.3 Å². The summed E-state index contributed by atoms with van der Waals surface area (Å²) >= 11 is 0. The third-order valence-electron chi connectivity index (χ3n) is 3.11. The summed E-state index contributed by atoms with van der Waals surface area (Å²) in [5, 5.41) is 12.8. The monoisotopic (exact) mass is 221 g/mol. The second-order valence-corrected chi connectivity index (χ2v) is 4.54. The Labute approximate surface area is 95.9 Å². The van der Waals surface area contributed by atoms with E-state index in [4.69, 9.17) is 5.73 Å². The van der Waals surface area contributed by atoms with Crippen LogP contribution in [-0.2, 0) is 0 Å². The van der Waals surface area contributed by atoms with Crippen LogP contribution in [0.1, 0.15) is 25.7 Å². The van der Waals surface area contributed by atoms with E-state index in [1.807, 2.05) is 12.1 Å². The molecule has 1 heterocycles. The highest BCUT2D eigenvalue weighted by molar-refractivity contribution is 5.43. The Balaban J connectivity index is 1.80. The molecule has 0 radical (unpaired) electrons. The summed E-state index contributed by atoms with van der Waals surface area (Å²) in [6, 6.07) is 3.72. The number of aliphatic hydroxyl groups is 1. The number of nitrogens with one attached hydrogen (secondary N) is 1. The molecule has 4 heteroatoms. The van der Waals surface area contributed by atoms with Gasteiger partial charge in [0.05, 0.1) is 18.0 Å². The summed E-state index contributed by atoms with van der Waals surface area (Å²) in [5.74, 6) is 1.41. The normalized spacial score (nSPS) is 25.3. The highest BCUT2D eigenvalue weighted by Crippen LogP contribution is 2.24. The molecule has 0 spiro atoms. The van der Waals surface area contributed by atoms with Crippen LogP contribution in [0.4, 0.5) is 11.5 Å². The molecule has 88 valence electrons. The molecular weight excluding hydrogens is 202 g/mol. The molecule has 1 aliphatic rings. The van der Waals surface area contributed by atoms with Crippen molar-refractivity contribution in [1.29, 1.82) is 0 Å². The Morgan fingerprint density at radius 1 is 1.44 bits per heavy atom. The lowest BCUT2D eigenvalue weighted by molar-refractivity contribution is 0.104. The van der Waals surface area contributed by atoms with Gasteiger partial charge in [0.2, 0.25) is 0 Å². The number of nitrogens with two attached hydrogens (primary N) is 1. The van der Waals surface area contributed by atoms with Crippen molar-refractivity contribution in [1.82, 2.24) is 4.98 Å². The number of rotatable bonds is 3. The smallest absolute Gasteiger partial charge is 0.126 e. The summed E-state index contributed by atoms with van der Waals surface area (Å²) in [6.45, 7) is 0.883. The molecule has 0 bridgehead atoms. The minimum Gasteiger partial charge on any atom is -0.397 e. The summed E-state index contributed by atoms with van der Waals surface area (Å²) in [6.07, 6.45) is 5.72. The predicted octanol–water partition coefficient (Wildman–Crippen LogP) is 1.63. The van der Waals surface area contributed by atoms with Gasteiger partial charge in [0, 0.05) is 6.54 Å². The Kier molecular flexibility index (Phi) is 3.62. The lowest BCUT2D eigenvalue weighted by Crippen LogP contribution is -2.25. The van der Waals surface area contributed by atoms with Gasteiger partial charge in [-0.15, -0.1) is 0 Å². The van der Waals surface area contributed by atoms with Crippen LogP contribution >= 0.6 is 0 Å². The molecule has 0 saturated heterocycles. The first kappa shape index (κ1) is 11.2. The van der Waals surface area contributed by atoms with Crippen LogP contribution in [0, 0.1) is 5.92 Å². The Hall–Kier alpha value is -1.29. The lowest BCUT2D eigenvalue weighted by atomic mass is 9.87. The van der Waals surface area contributed by atoms with E-state index in [0.717, 1.165) is 31.6 Å². The van der Waals surface area contributed by atoms with Crippen molar-refractivity contribution in [2.45, 2.75) is 31.8 Å². The molecule has 1 fully saturated rings. The molecule has 0 amide bonds. The lowest BCUT2D eigenvalue weighted by Gasteiger charge is -2.26. The number of anilines is 2. The molecule has 0 aromatic carbocycles. The van der Waals surface area contributed by atoms with Crippen LogP contribution in [0.2, 0.25) is 0 Å². The maximum absolute atomic E-state index is 9.55. The molecule has 4 N–H and O–H groups in total. The second kappa shape index (κ2) is 5.16. The zero-order valence-electron chi connectivity index (χ0n) is 9.39. The van der Waals surface area contributed by atoms with Gasteiger partial charge in [-0.2, -0.15) is 0 Å². The zero-order valence-corrected chi connectivity index (χ0v) is 9.39. The summed E-state index contributed by atoms with van der Waals surface area (Å²) in [7, 11) is 0. The fraction of sp³-hybridized carbons (Fsp3) is 0.583. The fourth-order valence-corrected chi connectivity index (χ4v) is 2.21. The van der Waals surface area contributed by atoms with Crippen molar-refractivity contribution in [3.8, 4) is 0 Å². The van der Waals surface area contributed by atoms with E-state index in [1.54, 1.807) is 6.20 Å². The summed E-state index contributed by atoms with van der Waals surface area (Å²) in [5.41, 5.74) is 6.24. The van der Waals surface area contributed by atoms with Gasteiger partial charge in [-0.25, -0.2) is 4.98 Å². The predicted molar refractivity (Wildman–Crippen MR) is 65.1 cm³/mol. The van der Waals surface area contributed by atoms with Gasteiger partial charge in [-0.05, 0) is 37.3 Å². The molecule has 16 heavy (non-hydrogen) atoms. The average molecular weight is 221 g/mol. The van der Waals surface area contributed by atoms with E-state index in [-0.39, 0.29) is 6.10 Å². The van der Waals surface area contributed by atoms with Gasteiger partial charge >= 0.3 is 0 Å². The maximum atomic E-state index is 9.55. The second-order valence-electron chi connectivity index (χ2n) is 4.54. The topological polar surface area (TPSA) is 71.2 Å². The molecule has 1 aliphatic carbocycles. The molecule has 2 unspecified atom stereocenters. The first-order chi connectivity index (χ1) is 7.74. The van der Waals surface area contributed by atoms with Gasteiger partial charge in [0.1, 0.15) is 5.82 Å². The van der Waals surface area contributed by atoms with Crippen molar-refractivity contribution in [3.63, 3.8) is 0 Å². The molecule has 2 rings (SSSR count). The van der Waals surface area contributed by atoms with Gasteiger partial charge in [-0.1, -0.05) is 6.42 Å². The van der Waals surface area contributed by atoms with E-state index in [2.05, 4.69) is 10.3 Å². The van der Waals surface area contributed by atoms with Crippen molar-refractivity contribution in [2.24, 2.45) is 5.92 Å². The van der Waals surface area contributed by atoms with E-state index < -0.39 is 0 Å². The number of nitrogens with zero attached hydrogens (tertiary/aromatic N) is 1. The third kappa shape index (κ3) is 3.10. The van der Waals surface area contributed by atoms with Gasteiger partial charge in [-0.3, -0.25) is 0 Å². The molecule has 2 atom stereocenters. The van der Waals surface area contributed by atoms with Crippen molar-refractivity contribution in [2.75, 3.05) is 17.6 Å². The largest absolute Gasteiger partial charge is 0.397 e. The van der Waals surface area contributed by atoms with E-state index in [0.29, 0.717) is 11.6 Å². The standard InChI is InChI=1S/C12H19N3O/c13-10-4-5-12(15-8-10)14-7-9-2-1-3-11(16)6-9/h4-5,8-9,11,16H,1-3,6-7,13H2,(H,14,15). The Morgan fingerprint density at radius 3 is 3.00 bits per heavy atom. The minimum absolute atomic E-state index is 0.111. The van der Waals surface area contributed by atoms with Gasteiger partial charge in [0.15, 0.2) is 0 Å². The van der Waals surface area contributed by atoms with Crippen molar-refractivity contribution < 1.29 is 5.11 Å². The van der Waals surface area contributed by atoms with Gasteiger partial charge in [0.25, 0.3) is 0 Å². The first-order valence-electron chi connectivity index (χ1n) is 5.87. The highest BCUT2D eigenvalue weighted by Gasteiger charge is 2.19. The number of nitrogen functional groups attached to an aromatic ring is 1. The molecule has 4 nitrogen and oxygen atoms in total. The fourth-order valence-electron chi connectivity index (χ4n) is 2.21. The van der Waals surface area contributed by atoms with Crippen molar-refractivity contribution >= 4 is 11.5 Å². The molecule has 1 aromatic heterocycles. The molecule has 1 saturated carbocycles. The average Bonchev–Trinajstić information content (AvgIpc) is 2.28. The van der Waals surface area contributed by atoms with E-state index in [9.17, 15) is 5.11 Å². The van der Waals surface area contributed by atoms with E-state index in [1.165, 1.54) is 6.42 Å². The minimum atomic E-state index is -0.111. The number of hydrogen-bond donors (Lipinski definition) is 3. The van der Waals surface area contributed by atoms with E-state index >= 15 is 0 Å². The molecule has 0 aliphatic heterocycles. The maximum Gasteiger partial charge on any atom is 0.126 e. The Bertz CT molecular complexity index is 326. The molecule has 1 aromatic rings. The van der Waals surface area contributed by atoms with Crippen LogP contribution in [0.25, 0.3) is 0 Å². The summed E-state index contributed by atoms with van der Waals surface area (Å²) < 4.78 is 0. The number of pyridine rings is 1. The zero-order chi connectivity index (χ0) is 11.4. The van der Waals surface area contributed by atoms with Crippen LogP contribution in [0.3, 0.4) is 0 Å². The Morgan fingerprint density at radius 2 is 2.31 bits per heavy atom. The van der Waals surface area contributed by atoms with Gasteiger partial charge < -0.3 is 16.2 Å². The van der Waals surface area contributed by atoms with Crippen LogP contribution in [0.5, 0.6) is 0 Å². The number of hydrogen-bond acceptors (Lipinski definition) is 4. The molecular formula is C12H19N3O. The number of aromatic nitrogens is 1. The SMILES string of the molecule is Nc1ccc(NCC2CCCC(O)C2)nc1.